The first-order valence-electron chi connectivity index (χ1n) is 5.08. The van der Waals surface area contributed by atoms with Crippen LogP contribution in [0.4, 0.5) is 5.69 Å². The average Bonchev–Trinajstić information content (AvgIpc) is 2.84. The standard InChI is InChI=1S/C10H9BrClN5O/c11-7-3-8(10(12)14-4-7)16-9(18)1-2-17-6-13-5-15-17/h3-6H,1-2H2,(H,16,18). The third-order valence-electron chi connectivity index (χ3n) is 2.11. The van der Waals surface area contributed by atoms with E-state index in [1.54, 1.807) is 23.3 Å². The summed E-state index contributed by atoms with van der Waals surface area (Å²) >= 11 is 9.13. The number of carbonyl (C=O) groups excluding carboxylic acids is 1. The van der Waals surface area contributed by atoms with Crippen molar-refractivity contribution < 1.29 is 4.79 Å². The highest BCUT2D eigenvalue weighted by Crippen LogP contribution is 2.22. The zero-order valence-corrected chi connectivity index (χ0v) is 11.5. The number of aryl methyl sites for hydroxylation is 1. The highest BCUT2D eigenvalue weighted by molar-refractivity contribution is 9.10. The van der Waals surface area contributed by atoms with Gasteiger partial charge in [-0.2, -0.15) is 5.10 Å². The molecule has 6 nitrogen and oxygen atoms in total. The van der Waals surface area contributed by atoms with Crippen molar-refractivity contribution in [2.75, 3.05) is 5.32 Å². The van der Waals surface area contributed by atoms with Crippen molar-refractivity contribution in [3.8, 4) is 0 Å². The van der Waals surface area contributed by atoms with Gasteiger partial charge in [-0.1, -0.05) is 11.6 Å². The molecular formula is C10H9BrClN5O. The number of nitrogens with zero attached hydrogens (tertiary/aromatic N) is 4. The molecule has 2 heterocycles. The zero-order chi connectivity index (χ0) is 13.0. The minimum absolute atomic E-state index is 0.160. The van der Waals surface area contributed by atoms with Crippen molar-refractivity contribution in [2.24, 2.45) is 0 Å². The Morgan fingerprint density at radius 2 is 2.39 bits per heavy atom. The molecule has 1 N–H and O–H groups in total. The van der Waals surface area contributed by atoms with Gasteiger partial charge >= 0.3 is 0 Å². The van der Waals surface area contributed by atoms with E-state index in [-0.39, 0.29) is 17.5 Å². The third kappa shape index (κ3) is 3.51. The number of nitrogens with one attached hydrogen (secondary N) is 1. The normalized spacial score (nSPS) is 10.3. The van der Waals surface area contributed by atoms with E-state index in [1.807, 2.05) is 0 Å². The second kappa shape index (κ2) is 5.92. The molecule has 0 saturated carbocycles. The molecule has 0 radical (unpaired) electrons. The number of carbonyl (C=O) groups is 1. The van der Waals surface area contributed by atoms with Crippen molar-refractivity contribution in [1.82, 2.24) is 19.7 Å². The molecular weight excluding hydrogens is 322 g/mol. The fraction of sp³-hybridized carbons (Fsp3) is 0.200. The molecule has 2 aromatic heterocycles. The average molecular weight is 331 g/mol. The van der Waals surface area contributed by atoms with Gasteiger partial charge in [0, 0.05) is 17.1 Å². The van der Waals surface area contributed by atoms with Gasteiger partial charge in [0.05, 0.1) is 12.2 Å². The molecule has 0 bridgehead atoms. The summed E-state index contributed by atoms with van der Waals surface area (Å²) in [4.78, 5) is 19.4. The second-order valence-corrected chi connectivity index (χ2v) is 4.72. The molecule has 94 valence electrons. The van der Waals surface area contributed by atoms with E-state index in [2.05, 4.69) is 36.3 Å². The quantitative estimate of drug-likeness (QED) is 0.872. The van der Waals surface area contributed by atoms with Gasteiger partial charge in [0.1, 0.15) is 12.7 Å². The number of pyridine rings is 1. The van der Waals surface area contributed by atoms with Gasteiger partial charge in [0.15, 0.2) is 5.15 Å². The molecule has 0 fully saturated rings. The van der Waals surface area contributed by atoms with E-state index >= 15 is 0 Å². The highest BCUT2D eigenvalue weighted by Gasteiger charge is 2.07. The number of hydrogen-bond donors (Lipinski definition) is 1. The van der Waals surface area contributed by atoms with Gasteiger partial charge in [-0.25, -0.2) is 9.97 Å². The fourth-order valence-electron chi connectivity index (χ4n) is 1.29. The lowest BCUT2D eigenvalue weighted by atomic mass is 10.3. The molecule has 1 amide bonds. The predicted molar refractivity (Wildman–Crippen MR) is 70.2 cm³/mol. The van der Waals surface area contributed by atoms with Crippen LogP contribution in [0.5, 0.6) is 0 Å². The molecule has 0 atom stereocenters. The first-order valence-corrected chi connectivity index (χ1v) is 6.25. The molecule has 0 aromatic carbocycles. The van der Waals surface area contributed by atoms with Crippen LogP contribution in [-0.4, -0.2) is 25.7 Å². The number of anilines is 1. The molecule has 0 aliphatic rings. The molecule has 0 unspecified atom stereocenters. The maximum Gasteiger partial charge on any atom is 0.226 e. The van der Waals surface area contributed by atoms with Crippen LogP contribution in [0.3, 0.4) is 0 Å². The van der Waals surface area contributed by atoms with Crippen LogP contribution in [0, 0.1) is 0 Å². The lowest BCUT2D eigenvalue weighted by Gasteiger charge is -2.06. The van der Waals surface area contributed by atoms with Crippen molar-refractivity contribution >= 4 is 39.1 Å². The topological polar surface area (TPSA) is 72.7 Å². The summed E-state index contributed by atoms with van der Waals surface area (Å²) in [6.07, 6.45) is 4.83. The number of halogens is 2. The monoisotopic (exact) mass is 329 g/mol. The Morgan fingerprint density at radius 3 is 3.11 bits per heavy atom. The lowest BCUT2D eigenvalue weighted by Crippen LogP contribution is -2.15. The Kier molecular flexibility index (Phi) is 4.27. The predicted octanol–water partition coefficient (Wildman–Crippen LogP) is 2.12. The molecule has 0 aliphatic heterocycles. The summed E-state index contributed by atoms with van der Waals surface area (Å²) in [7, 11) is 0. The van der Waals surface area contributed by atoms with Crippen molar-refractivity contribution in [2.45, 2.75) is 13.0 Å². The smallest absolute Gasteiger partial charge is 0.226 e. The van der Waals surface area contributed by atoms with Crippen LogP contribution in [-0.2, 0) is 11.3 Å². The molecule has 18 heavy (non-hydrogen) atoms. The van der Waals surface area contributed by atoms with E-state index in [1.165, 1.54) is 6.33 Å². The maximum absolute atomic E-state index is 11.7. The minimum Gasteiger partial charge on any atom is -0.323 e. The van der Waals surface area contributed by atoms with E-state index in [0.29, 0.717) is 12.2 Å². The van der Waals surface area contributed by atoms with Crippen LogP contribution in [0.2, 0.25) is 5.15 Å². The van der Waals surface area contributed by atoms with Crippen LogP contribution in [0.1, 0.15) is 6.42 Å². The Labute approximate surface area is 117 Å². The minimum atomic E-state index is -0.160. The van der Waals surface area contributed by atoms with Gasteiger partial charge in [-0.05, 0) is 22.0 Å². The summed E-state index contributed by atoms with van der Waals surface area (Å²) < 4.78 is 2.33. The largest absolute Gasteiger partial charge is 0.323 e. The summed E-state index contributed by atoms with van der Waals surface area (Å²) in [5.41, 5.74) is 0.481. The SMILES string of the molecule is O=C(CCn1cncn1)Nc1cc(Br)cnc1Cl. The van der Waals surface area contributed by atoms with Crippen molar-refractivity contribution in [3.63, 3.8) is 0 Å². The van der Waals surface area contributed by atoms with E-state index in [0.717, 1.165) is 4.47 Å². The zero-order valence-electron chi connectivity index (χ0n) is 9.18. The molecule has 8 heteroatoms. The first kappa shape index (κ1) is 13.0. The number of aromatic nitrogens is 4. The van der Waals surface area contributed by atoms with E-state index in [9.17, 15) is 4.79 Å². The first-order chi connectivity index (χ1) is 8.65. The van der Waals surface area contributed by atoms with Crippen LogP contribution in [0.25, 0.3) is 0 Å². The number of amides is 1. The number of hydrogen-bond acceptors (Lipinski definition) is 4. The summed E-state index contributed by atoms with van der Waals surface area (Å²) in [6.45, 7) is 0.463. The van der Waals surface area contributed by atoms with Crippen molar-refractivity contribution in [1.29, 1.82) is 0 Å². The van der Waals surface area contributed by atoms with Crippen LogP contribution < -0.4 is 5.32 Å². The number of rotatable bonds is 4. The maximum atomic E-state index is 11.7. The molecule has 2 rings (SSSR count). The van der Waals surface area contributed by atoms with Gasteiger partial charge in [-0.15, -0.1) is 0 Å². The van der Waals surface area contributed by atoms with Gasteiger partial charge in [0.25, 0.3) is 0 Å². The summed E-state index contributed by atoms with van der Waals surface area (Å²) in [5, 5.41) is 6.85. The second-order valence-electron chi connectivity index (χ2n) is 3.45. The summed E-state index contributed by atoms with van der Waals surface area (Å²) in [6, 6.07) is 1.70. The molecule has 2 aromatic rings. The molecule has 0 saturated heterocycles. The van der Waals surface area contributed by atoms with Crippen LogP contribution in [0.15, 0.2) is 29.4 Å². The van der Waals surface area contributed by atoms with E-state index in [4.69, 9.17) is 11.6 Å². The Hall–Kier alpha value is -1.47. The van der Waals surface area contributed by atoms with Gasteiger partial charge < -0.3 is 5.32 Å². The van der Waals surface area contributed by atoms with Gasteiger partial charge in [-0.3, -0.25) is 9.48 Å². The lowest BCUT2D eigenvalue weighted by molar-refractivity contribution is -0.116. The Morgan fingerprint density at radius 1 is 1.56 bits per heavy atom. The van der Waals surface area contributed by atoms with Crippen molar-refractivity contribution in [3.05, 3.63) is 34.5 Å². The summed E-state index contributed by atoms with van der Waals surface area (Å²) in [5.74, 6) is -0.160. The van der Waals surface area contributed by atoms with E-state index < -0.39 is 0 Å². The Balaban J connectivity index is 1.92. The molecule has 0 aliphatic carbocycles. The highest BCUT2D eigenvalue weighted by atomic mass is 79.9. The van der Waals surface area contributed by atoms with Gasteiger partial charge in [0.2, 0.25) is 5.91 Å². The van der Waals surface area contributed by atoms with Crippen LogP contribution >= 0.6 is 27.5 Å². The third-order valence-corrected chi connectivity index (χ3v) is 2.85. The fourth-order valence-corrected chi connectivity index (χ4v) is 1.77. The Bertz CT molecular complexity index is 545. The molecule has 0 spiro atoms.